The van der Waals surface area contributed by atoms with Crippen LogP contribution in [0.15, 0.2) is 22.8 Å². The van der Waals surface area contributed by atoms with Crippen molar-refractivity contribution in [2.24, 2.45) is 0 Å². The lowest BCUT2D eigenvalue weighted by Crippen LogP contribution is -2.42. The normalized spacial score (nSPS) is 11.5. The average Bonchev–Trinajstić information content (AvgIpc) is 2.37. The van der Waals surface area contributed by atoms with E-state index in [1.165, 1.54) is 6.07 Å². The molecule has 102 valence electrons. The Morgan fingerprint density at radius 1 is 1.47 bits per heavy atom. The van der Waals surface area contributed by atoms with Crippen molar-refractivity contribution >= 4 is 33.8 Å². The van der Waals surface area contributed by atoms with E-state index in [0.717, 1.165) is 7.11 Å². The Balaban J connectivity index is 2.77. The van der Waals surface area contributed by atoms with E-state index in [0.29, 0.717) is 4.60 Å². The minimum absolute atomic E-state index is 0.0468. The van der Waals surface area contributed by atoms with E-state index >= 15 is 0 Å². The number of amides is 1. The lowest BCUT2D eigenvalue weighted by atomic mass is 10.2. The summed E-state index contributed by atoms with van der Waals surface area (Å²) in [4.78, 5) is 37.6. The van der Waals surface area contributed by atoms with Gasteiger partial charge in [0.1, 0.15) is 16.3 Å². The zero-order chi connectivity index (χ0) is 14.4. The summed E-state index contributed by atoms with van der Waals surface area (Å²) in [7, 11) is 1.14. The third-order valence-electron chi connectivity index (χ3n) is 2.15. The van der Waals surface area contributed by atoms with E-state index in [1.807, 2.05) is 0 Å². The smallest absolute Gasteiger partial charge is 0.326 e. The van der Waals surface area contributed by atoms with Crippen molar-refractivity contribution in [1.29, 1.82) is 0 Å². The third kappa shape index (κ3) is 4.66. The first-order chi connectivity index (χ1) is 8.93. The lowest BCUT2D eigenvalue weighted by molar-refractivity contribution is -0.147. The molecule has 8 heteroatoms. The summed E-state index contributed by atoms with van der Waals surface area (Å²) in [6.07, 6.45) is -0.453. The van der Waals surface area contributed by atoms with Gasteiger partial charge in [0, 0.05) is 0 Å². The van der Waals surface area contributed by atoms with Crippen molar-refractivity contribution < 1.29 is 24.2 Å². The van der Waals surface area contributed by atoms with E-state index < -0.39 is 30.3 Å². The van der Waals surface area contributed by atoms with Crippen LogP contribution in [0, 0.1) is 0 Å². The molecule has 1 rings (SSSR count). The highest BCUT2D eigenvalue weighted by Gasteiger charge is 2.24. The molecule has 0 aliphatic rings. The highest BCUT2D eigenvalue weighted by molar-refractivity contribution is 9.10. The van der Waals surface area contributed by atoms with Gasteiger partial charge in [-0.2, -0.15) is 0 Å². The van der Waals surface area contributed by atoms with Crippen molar-refractivity contribution in [2.45, 2.75) is 12.5 Å². The quantitative estimate of drug-likeness (QED) is 0.604. The molecule has 0 saturated carbocycles. The summed E-state index contributed by atoms with van der Waals surface area (Å²) in [5.74, 6) is -2.73. The van der Waals surface area contributed by atoms with E-state index in [4.69, 9.17) is 5.11 Å². The first-order valence-corrected chi connectivity index (χ1v) is 5.96. The second kappa shape index (κ2) is 6.83. The standard InChI is InChI=1S/C11H11BrN2O5/c1-19-9(15)5-7(11(17)18)14-10(16)6-3-2-4-8(12)13-6/h2-4,7H,5H2,1H3,(H,14,16)(H,17,18)/t7-/m0/s1. The highest BCUT2D eigenvalue weighted by atomic mass is 79.9. The molecule has 0 aliphatic heterocycles. The zero-order valence-electron chi connectivity index (χ0n) is 9.92. The molecule has 0 fully saturated rings. The van der Waals surface area contributed by atoms with E-state index in [1.54, 1.807) is 12.1 Å². The van der Waals surface area contributed by atoms with Crippen LogP contribution in [0.3, 0.4) is 0 Å². The van der Waals surface area contributed by atoms with E-state index in [-0.39, 0.29) is 5.69 Å². The summed E-state index contributed by atoms with van der Waals surface area (Å²) in [6.45, 7) is 0. The number of carbonyl (C=O) groups excluding carboxylic acids is 2. The van der Waals surface area contributed by atoms with Gasteiger partial charge in [0.15, 0.2) is 0 Å². The van der Waals surface area contributed by atoms with Gasteiger partial charge < -0.3 is 15.2 Å². The number of rotatable bonds is 5. The van der Waals surface area contributed by atoms with Crippen LogP contribution in [0.2, 0.25) is 0 Å². The number of pyridine rings is 1. The van der Waals surface area contributed by atoms with Crippen molar-refractivity contribution in [1.82, 2.24) is 10.3 Å². The Bertz CT molecular complexity index is 506. The van der Waals surface area contributed by atoms with Crippen molar-refractivity contribution in [2.75, 3.05) is 7.11 Å². The van der Waals surface area contributed by atoms with Gasteiger partial charge in [-0.3, -0.25) is 9.59 Å². The minimum Gasteiger partial charge on any atom is -0.480 e. The Kier molecular flexibility index (Phi) is 5.43. The second-order valence-electron chi connectivity index (χ2n) is 3.49. The second-order valence-corrected chi connectivity index (χ2v) is 4.30. The number of carbonyl (C=O) groups is 3. The topological polar surface area (TPSA) is 106 Å². The van der Waals surface area contributed by atoms with Gasteiger partial charge in [-0.05, 0) is 28.1 Å². The zero-order valence-corrected chi connectivity index (χ0v) is 11.5. The molecule has 1 aromatic rings. The molecule has 0 radical (unpaired) electrons. The predicted octanol–water partition coefficient (Wildman–Crippen LogP) is 0.590. The van der Waals surface area contributed by atoms with Crippen LogP contribution in [0.1, 0.15) is 16.9 Å². The molecule has 19 heavy (non-hydrogen) atoms. The van der Waals surface area contributed by atoms with Crippen LogP contribution in [-0.2, 0) is 14.3 Å². The summed E-state index contributed by atoms with van der Waals surface area (Å²) in [5.41, 5.74) is 0.0468. The Morgan fingerprint density at radius 2 is 2.16 bits per heavy atom. The lowest BCUT2D eigenvalue weighted by Gasteiger charge is -2.12. The van der Waals surface area contributed by atoms with Gasteiger partial charge in [-0.1, -0.05) is 6.07 Å². The predicted molar refractivity (Wildman–Crippen MR) is 67.5 cm³/mol. The first-order valence-electron chi connectivity index (χ1n) is 5.17. The number of carboxylic acid groups (broad SMARTS) is 1. The molecule has 1 aromatic heterocycles. The number of hydrogen-bond donors (Lipinski definition) is 2. The molecule has 0 unspecified atom stereocenters. The average molecular weight is 331 g/mol. The summed E-state index contributed by atoms with van der Waals surface area (Å²) < 4.78 is 4.81. The van der Waals surface area contributed by atoms with E-state index in [9.17, 15) is 14.4 Å². The number of hydrogen-bond acceptors (Lipinski definition) is 5. The maximum Gasteiger partial charge on any atom is 0.326 e. The van der Waals surface area contributed by atoms with Crippen LogP contribution in [0.4, 0.5) is 0 Å². The Hall–Kier alpha value is -1.96. The molecule has 1 atom stereocenters. The van der Waals surface area contributed by atoms with Crippen molar-refractivity contribution in [3.63, 3.8) is 0 Å². The number of nitrogens with zero attached hydrogens (tertiary/aromatic N) is 1. The van der Waals surface area contributed by atoms with Gasteiger partial charge in [0.05, 0.1) is 13.5 Å². The van der Waals surface area contributed by atoms with Crippen molar-refractivity contribution in [3.8, 4) is 0 Å². The molecule has 0 aromatic carbocycles. The van der Waals surface area contributed by atoms with E-state index in [2.05, 4.69) is 31.0 Å². The molecule has 1 amide bonds. The molecule has 0 saturated heterocycles. The number of carboxylic acids is 1. The SMILES string of the molecule is COC(=O)C[C@H](NC(=O)c1cccc(Br)n1)C(=O)O. The van der Waals surface area contributed by atoms with Crippen LogP contribution in [0.25, 0.3) is 0 Å². The van der Waals surface area contributed by atoms with Crippen LogP contribution < -0.4 is 5.32 Å². The number of esters is 1. The third-order valence-corrected chi connectivity index (χ3v) is 2.59. The molecule has 0 aliphatic carbocycles. The Labute approximate surface area is 117 Å². The minimum atomic E-state index is -1.36. The van der Waals surface area contributed by atoms with Crippen LogP contribution >= 0.6 is 15.9 Å². The summed E-state index contributed by atoms with van der Waals surface area (Å²) >= 11 is 3.10. The Morgan fingerprint density at radius 3 is 2.68 bits per heavy atom. The fraction of sp³-hybridized carbons (Fsp3) is 0.273. The molecule has 0 spiro atoms. The molecular formula is C11H11BrN2O5. The van der Waals surface area contributed by atoms with Crippen LogP contribution in [0.5, 0.6) is 0 Å². The fourth-order valence-corrected chi connectivity index (χ4v) is 1.56. The summed E-state index contributed by atoms with van der Waals surface area (Å²) in [6, 6.07) is 3.28. The fourth-order valence-electron chi connectivity index (χ4n) is 1.22. The first kappa shape index (κ1) is 15.1. The number of aromatic nitrogens is 1. The maximum absolute atomic E-state index is 11.8. The molecule has 0 bridgehead atoms. The molecular weight excluding hydrogens is 320 g/mol. The van der Waals surface area contributed by atoms with Crippen LogP contribution in [-0.4, -0.2) is 41.1 Å². The highest BCUT2D eigenvalue weighted by Crippen LogP contribution is 2.07. The van der Waals surface area contributed by atoms with Crippen molar-refractivity contribution in [3.05, 3.63) is 28.5 Å². The number of nitrogens with one attached hydrogen (secondary N) is 1. The van der Waals surface area contributed by atoms with Gasteiger partial charge in [-0.15, -0.1) is 0 Å². The summed E-state index contributed by atoms with van der Waals surface area (Å²) in [5, 5.41) is 11.1. The monoisotopic (exact) mass is 330 g/mol. The molecule has 2 N–H and O–H groups in total. The van der Waals surface area contributed by atoms with Gasteiger partial charge in [0.2, 0.25) is 0 Å². The maximum atomic E-state index is 11.8. The van der Waals surface area contributed by atoms with Gasteiger partial charge in [0.25, 0.3) is 5.91 Å². The number of aliphatic carboxylic acids is 1. The largest absolute Gasteiger partial charge is 0.480 e. The molecule has 1 heterocycles. The number of ether oxygens (including phenoxy) is 1. The number of methoxy groups -OCH3 is 1. The number of halogens is 1. The van der Waals surface area contributed by atoms with Gasteiger partial charge >= 0.3 is 11.9 Å². The molecule has 7 nitrogen and oxygen atoms in total. The van der Waals surface area contributed by atoms with Gasteiger partial charge in [-0.25, -0.2) is 9.78 Å².